The number of rotatable bonds is 5. The minimum atomic E-state index is -0.176. The number of thiophene rings is 1. The number of nitrogens with zero attached hydrogens (tertiary/aromatic N) is 2. The number of hydrogen-bond donors (Lipinski definition) is 1. The lowest BCUT2D eigenvalue weighted by atomic mass is 10.1. The maximum absolute atomic E-state index is 12.4. The first-order valence-electron chi connectivity index (χ1n) is 8.19. The molecule has 3 heterocycles. The molecule has 1 N–H and O–H groups in total. The monoisotopic (exact) mass is 387 g/mol. The molecule has 8 heteroatoms. The van der Waals surface area contributed by atoms with Crippen LogP contribution in [0.15, 0.2) is 35.7 Å². The Bertz CT molecular complexity index is 922. The topological polar surface area (TPSA) is 73.3 Å². The standard InChI is InChI=1S/C18H17N3O3S2/c1-23-13-4-2-3-12(9-13)17-20-18(26-21-17)19-15(22)10-14-16-11(5-7-24-14)6-8-25-16/h2-4,6,8-9,14H,5,7,10H2,1H3,(H,19,20,21,22). The van der Waals surface area contributed by atoms with Crippen LogP contribution < -0.4 is 10.1 Å². The van der Waals surface area contributed by atoms with E-state index in [9.17, 15) is 4.79 Å². The summed E-state index contributed by atoms with van der Waals surface area (Å²) in [6, 6.07) is 9.62. The lowest BCUT2D eigenvalue weighted by Gasteiger charge is -2.22. The van der Waals surface area contributed by atoms with Crippen molar-refractivity contribution < 1.29 is 14.3 Å². The first-order valence-corrected chi connectivity index (χ1v) is 9.84. The molecule has 0 radical (unpaired) electrons. The zero-order valence-electron chi connectivity index (χ0n) is 14.1. The van der Waals surface area contributed by atoms with Gasteiger partial charge in [-0.1, -0.05) is 12.1 Å². The lowest BCUT2D eigenvalue weighted by molar-refractivity contribution is -0.119. The van der Waals surface area contributed by atoms with Crippen molar-refractivity contribution in [3.63, 3.8) is 0 Å². The molecule has 0 spiro atoms. The van der Waals surface area contributed by atoms with Crippen LogP contribution >= 0.6 is 22.9 Å². The minimum absolute atomic E-state index is 0.121. The van der Waals surface area contributed by atoms with Gasteiger partial charge in [-0.2, -0.15) is 9.36 Å². The van der Waals surface area contributed by atoms with Gasteiger partial charge in [0.2, 0.25) is 11.0 Å². The van der Waals surface area contributed by atoms with Crippen LogP contribution in [0.2, 0.25) is 0 Å². The Labute approximate surface area is 159 Å². The highest BCUT2D eigenvalue weighted by Crippen LogP contribution is 2.34. The van der Waals surface area contributed by atoms with Gasteiger partial charge in [0.05, 0.1) is 20.1 Å². The predicted molar refractivity (Wildman–Crippen MR) is 102 cm³/mol. The zero-order valence-corrected chi connectivity index (χ0v) is 15.7. The van der Waals surface area contributed by atoms with Crippen LogP contribution in [0.3, 0.4) is 0 Å². The highest BCUT2D eigenvalue weighted by molar-refractivity contribution is 7.10. The number of carbonyl (C=O) groups is 1. The fourth-order valence-corrected chi connectivity index (χ4v) is 4.48. The Morgan fingerprint density at radius 1 is 1.42 bits per heavy atom. The van der Waals surface area contributed by atoms with Crippen molar-refractivity contribution in [1.29, 1.82) is 0 Å². The van der Waals surface area contributed by atoms with Crippen molar-refractivity contribution >= 4 is 33.9 Å². The van der Waals surface area contributed by atoms with E-state index in [-0.39, 0.29) is 18.4 Å². The van der Waals surface area contributed by atoms with Crippen LogP contribution in [0, 0.1) is 0 Å². The average molecular weight is 387 g/mol. The van der Waals surface area contributed by atoms with E-state index in [1.165, 1.54) is 5.56 Å². The third kappa shape index (κ3) is 3.62. The smallest absolute Gasteiger partial charge is 0.229 e. The molecule has 1 aliphatic heterocycles. The van der Waals surface area contributed by atoms with Gasteiger partial charge in [0.1, 0.15) is 11.9 Å². The van der Waals surface area contributed by atoms with Crippen molar-refractivity contribution in [2.24, 2.45) is 0 Å². The molecule has 1 atom stereocenters. The Hall–Kier alpha value is -2.29. The second-order valence-electron chi connectivity index (χ2n) is 5.83. The van der Waals surface area contributed by atoms with Crippen LogP contribution in [-0.4, -0.2) is 29.0 Å². The van der Waals surface area contributed by atoms with Crippen LogP contribution in [0.4, 0.5) is 5.13 Å². The van der Waals surface area contributed by atoms with Crippen molar-refractivity contribution in [3.8, 4) is 17.1 Å². The van der Waals surface area contributed by atoms with Gasteiger partial charge in [-0.15, -0.1) is 11.3 Å². The molecule has 1 aliphatic rings. The van der Waals surface area contributed by atoms with Gasteiger partial charge in [0, 0.05) is 22.0 Å². The first kappa shape index (κ1) is 17.1. The molecule has 1 aromatic carbocycles. The van der Waals surface area contributed by atoms with E-state index >= 15 is 0 Å². The van der Waals surface area contributed by atoms with Crippen LogP contribution in [0.1, 0.15) is 23.0 Å². The van der Waals surface area contributed by atoms with Gasteiger partial charge in [-0.05, 0) is 35.6 Å². The summed E-state index contributed by atoms with van der Waals surface area (Å²) < 4.78 is 15.3. The molecule has 26 heavy (non-hydrogen) atoms. The normalized spacial score (nSPS) is 16.1. The summed E-state index contributed by atoms with van der Waals surface area (Å²) >= 11 is 2.81. The predicted octanol–water partition coefficient (Wildman–Crippen LogP) is 3.92. The maximum Gasteiger partial charge on any atom is 0.229 e. The van der Waals surface area contributed by atoms with E-state index in [0.717, 1.165) is 34.1 Å². The van der Waals surface area contributed by atoms with Gasteiger partial charge in [-0.3, -0.25) is 4.79 Å². The maximum atomic E-state index is 12.4. The average Bonchev–Trinajstić information content (AvgIpc) is 3.31. The molecule has 3 aromatic rings. The second kappa shape index (κ2) is 7.53. The van der Waals surface area contributed by atoms with Crippen molar-refractivity contribution in [2.45, 2.75) is 18.9 Å². The number of carbonyl (C=O) groups excluding carboxylic acids is 1. The van der Waals surface area contributed by atoms with Crippen molar-refractivity contribution in [3.05, 3.63) is 46.2 Å². The van der Waals surface area contributed by atoms with Crippen molar-refractivity contribution in [2.75, 3.05) is 19.0 Å². The third-order valence-corrected chi connectivity index (χ3v) is 5.82. The number of anilines is 1. The van der Waals surface area contributed by atoms with Crippen molar-refractivity contribution in [1.82, 2.24) is 9.36 Å². The third-order valence-electron chi connectivity index (χ3n) is 4.13. The molecule has 2 aromatic heterocycles. The molecule has 6 nitrogen and oxygen atoms in total. The Kier molecular flexibility index (Phi) is 4.96. The highest BCUT2D eigenvalue weighted by atomic mass is 32.1. The number of aromatic nitrogens is 2. The first-order chi connectivity index (χ1) is 12.7. The quantitative estimate of drug-likeness (QED) is 0.718. The summed E-state index contributed by atoms with van der Waals surface area (Å²) in [4.78, 5) is 17.9. The number of amides is 1. The molecular weight excluding hydrogens is 370 g/mol. The summed E-state index contributed by atoms with van der Waals surface area (Å²) in [7, 11) is 1.62. The minimum Gasteiger partial charge on any atom is -0.497 e. The Morgan fingerprint density at radius 2 is 2.35 bits per heavy atom. The molecule has 1 amide bonds. The van der Waals surface area contributed by atoms with Crippen LogP contribution in [-0.2, 0) is 16.0 Å². The van der Waals surface area contributed by atoms with E-state index in [2.05, 4.69) is 26.1 Å². The largest absolute Gasteiger partial charge is 0.497 e. The SMILES string of the molecule is COc1cccc(-c2nsc(NC(=O)CC3OCCc4ccsc43)n2)c1. The number of fused-ring (bicyclic) bond motifs is 1. The van der Waals surface area contributed by atoms with E-state index in [4.69, 9.17) is 9.47 Å². The molecule has 0 aliphatic carbocycles. The van der Waals surface area contributed by atoms with E-state index in [1.54, 1.807) is 18.4 Å². The van der Waals surface area contributed by atoms with E-state index < -0.39 is 0 Å². The Morgan fingerprint density at radius 3 is 3.23 bits per heavy atom. The molecule has 1 unspecified atom stereocenters. The molecule has 134 valence electrons. The molecule has 0 fully saturated rings. The summed E-state index contributed by atoms with van der Waals surface area (Å²) in [6.07, 6.45) is 1.02. The molecule has 0 saturated carbocycles. The number of ether oxygens (including phenoxy) is 2. The number of hydrogen-bond acceptors (Lipinski definition) is 7. The van der Waals surface area contributed by atoms with Gasteiger partial charge in [0.25, 0.3) is 0 Å². The summed E-state index contributed by atoms with van der Waals surface area (Å²) in [6.45, 7) is 0.653. The number of methoxy groups -OCH3 is 1. The molecular formula is C18H17N3O3S2. The van der Waals surface area contributed by atoms with Gasteiger partial charge >= 0.3 is 0 Å². The molecule has 0 bridgehead atoms. The zero-order chi connectivity index (χ0) is 17.9. The summed E-state index contributed by atoms with van der Waals surface area (Å²) in [5.41, 5.74) is 2.13. The number of nitrogens with one attached hydrogen (secondary N) is 1. The number of benzene rings is 1. The molecule has 0 saturated heterocycles. The summed E-state index contributed by atoms with van der Waals surface area (Å²) in [5, 5.41) is 5.36. The molecule has 4 rings (SSSR count). The fraction of sp³-hybridized carbons (Fsp3) is 0.278. The van der Waals surface area contributed by atoms with E-state index in [0.29, 0.717) is 17.6 Å². The lowest BCUT2D eigenvalue weighted by Crippen LogP contribution is -2.21. The second-order valence-corrected chi connectivity index (χ2v) is 7.53. The van der Waals surface area contributed by atoms with Gasteiger partial charge < -0.3 is 14.8 Å². The van der Waals surface area contributed by atoms with Crippen LogP contribution in [0.5, 0.6) is 5.75 Å². The Balaban J connectivity index is 1.42. The highest BCUT2D eigenvalue weighted by Gasteiger charge is 2.25. The van der Waals surface area contributed by atoms with E-state index in [1.807, 2.05) is 24.3 Å². The van der Waals surface area contributed by atoms with Gasteiger partial charge in [-0.25, -0.2) is 0 Å². The summed E-state index contributed by atoms with van der Waals surface area (Å²) in [5.74, 6) is 1.19. The fourth-order valence-electron chi connectivity index (χ4n) is 2.87. The van der Waals surface area contributed by atoms with Crippen LogP contribution in [0.25, 0.3) is 11.4 Å². The van der Waals surface area contributed by atoms with Gasteiger partial charge in [0.15, 0.2) is 5.82 Å².